The number of thioether (sulfide) groups is 1. The molecule has 0 aliphatic rings. The number of aromatic carboxylic acids is 1. The number of carboxylic acid groups (broad SMARTS) is 1. The maximum absolute atomic E-state index is 10.6. The van der Waals surface area contributed by atoms with Gasteiger partial charge in [-0.25, -0.2) is 4.79 Å². The van der Waals surface area contributed by atoms with Gasteiger partial charge in [0.25, 0.3) is 0 Å². The maximum Gasteiger partial charge on any atom is 0.358 e. The Morgan fingerprint density at radius 1 is 1.50 bits per heavy atom. The highest BCUT2D eigenvalue weighted by atomic mass is 32.2. The van der Waals surface area contributed by atoms with Crippen molar-refractivity contribution < 1.29 is 19.2 Å². The lowest BCUT2D eigenvalue weighted by molar-refractivity contribution is 0.0685. The van der Waals surface area contributed by atoms with Gasteiger partial charge in [-0.2, -0.15) is 0 Å². The summed E-state index contributed by atoms with van der Waals surface area (Å²) in [5.41, 5.74) is -0.119. The molecule has 0 fully saturated rings. The molecule has 0 saturated heterocycles. The lowest BCUT2D eigenvalue weighted by atomic mass is 10.3. The fraction of sp³-hybridized carbons (Fsp3) is 0.167. The second kappa shape index (κ2) is 5.59. The van der Waals surface area contributed by atoms with E-state index in [2.05, 4.69) is 5.16 Å². The lowest BCUT2D eigenvalue weighted by Crippen LogP contribution is -1.96. The van der Waals surface area contributed by atoms with Crippen molar-refractivity contribution in [1.29, 1.82) is 0 Å². The van der Waals surface area contributed by atoms with E-state index in [4.69, 9.17) is 14.4 Å². The summed E-state index contributed by atoms with van der Waals surface area (Å²) in [6.45, 7) is 0.151. The van der Waals surface area contributed by atoms with Crippen LogP contribution in [0.5, 0.6) is 5.75 Å². The summed E-state index contributed by atoms with van der Waals surface area (Å²) in [7, 11) is 0. The summed E-state index contributed by atoms with van der Waals surface area (Å²) in [6.07, 6.45) is 1.96. The zero-order chi connectivity index (χ0) is 13.0. The van der Waals surface area contributed by atoms with Crippen molar-refractivity contribution in [1.82, 2.24) is 5.16 Å². The maximum atomic E-state index is 10.6. The SMILES string of the molecule is CSc1ccccc1OCc1cc(C(=O)O)no1. The van der Waals surface area contributed by atoms with E-state index in [1.807, 2.05) is 30.5 Å². The molecule has 5 nitrogen and oxygen atoms in total. The molecular weight excluding hydrogens is 254 g/mol. The first-order chi connectivity index (χ1) is 8.70. The Kier molecular flexibility index (Phi) is 3.88. The van der Waals surface area contributed by atoms with Crippen LogP contribution in [-0.2, 0) is 6.61 Å². The van der Waals surface area contributed by atoms with Gasteiger partial charge in [0.1, 0.15) is 12.4 Å². The van der Waals surface area contributed by atoms with Gasteiger partial charge < -0.3 is 14.4 Å². The second-order valence-corrected chi connectivity index (χ2v) is 4.27. The first-order valence-electron chi connectivity index (χ1n) is 5.15. The van der Waals surface area contributed by atoms with Crippen LogP contribution in [0.4, 0.5) is 0 Å². The number of carbonyl (C=O) groups is 1. The minimum absolute atomic E-state index is 0.119. The van der Waals surface area contributed by atoms with E-state index < -0.39 is 5.97 Å². The molecule has 18 heavy (non-hydrogen) atoms. The number of carboxylic acids is 1. The van der Waals surface area contributed by atoms with Crippen molar-refractivity contribution >= 4 is 17.7 Å². The first kappa shape index (κ1) is 12.5. The zero-order valence-electron chi connectivity index (χ0n) is 9.62. The minimum Gasteiger partial charge on any atom is -0.484 e. The van der Waals surface area contributed by atoms with Crippen LogP contribution in [-0.4, -0.2) is 22.5 Å². The molecular formula is C12H11NO4S. The largest absolute Gasteiger partial charge is 0.484 e. The second-order valence-electron chi connectivity index (χ2n) is 3.42. The third kappa shape index (κ3) is 2.84. The number of ether oxygens (including phenoxy) is 1. The van der Waals surface area contributed by atoms with Gasteiger partial charge in [-0.05, 0) is 18.4 Å². The van der Waals surface area contributed by atoms with Crippen LogP contribution < -0.4 is 4.74 Å². The van der Waals surface area contributed by atoms with Crippen molar-refractivity contribution in [2.75, 3.05) is 6.26 Å². The Bertz CT molecular complexity index is 553. The molecule has 6 heteroatoms. The van der Waals surface area contributed by atoms with Gasteiger partial charge in [-0.15, -0.1) is 11.8 Å². The van der Waals surface area contributed by atoms with Crippen LogP contribution in [0.1, 0.15) is 16.2 Å². The third-order valence-electron chi connectivity index (χ3n) is 2.22. The number of rotatable bonds is 5. The van der Waals surface area contributed by atoms with E-state index in [9.17, 15) is 4.79 Å². The molecule has 1 aromatic carbocycles. The zero-order valence-corrected chi connectivity index (χ0v) is 10.4. The molecule has 0 atom stereocenters. The number of hydrogen-bond donors (Lipinski definition) is 1. The summed E-state index contributed by atoms with van der Waals surface area (Å²) >= 11 is 1.58. The van der Waals surface area contributed by atoms with Crippen molar-refractivity contribution in [2.24, 2.45) is 0 Å². The van der Waals surface area contributed by atoms with Gasteiger partial charge >= 0.3 is 5.97 Å². The molecule has 0 bridgehead atoms. The number of nitrogens with zero attached hydrogens (tertiary/aromatic N) is 1. The molecule has 0 amide bonds. The van der Waals surface area contributed by atoms with Crippen LogP contribution in [0, 0.1) is 0 Å². The van der Waals surface area contributed by atoms with Gasteiger partial charge in [0.2, 0.25) is 0 Å². The quantitative estimate of drug-likeness (QED) is 0.838. The number of hydrogen-bond acceptors (Lipinski definition) is 5. The van der Waals surface area contributed by atoms with Crippen molar-refractivity contribution in [3.8, 4) is 5.75 Å². The summed E-state index contributed by atoms with van der Waals surface area (Å²) in [5, 5.41) is 12.1. The summed E-state index contributed by atoms with van der Waals surface area (Å²) in [5.74, 6) is -0.00362. The van der Waals surface area contributed by atoms with Gasteiger partial charge in [0.15, 0.2) is 11.5 Å². The molecule has 1 heterocycles. The monoisotopic (exact) mass is 265 g/mol. The van der Waals surface area contributed by atoms with Crippen LogP contribution in [0.25, 0.3) is 0 Å². The minimum atomic E-state index is -1.12. The highest BCUT2D eigenvalue weighted by Gasteiger charge is 2.11. The van der Waals surface area contributed by atoms with Crippen molar-refractivity contribution in [3.05, 3.63) is 41.8 Å². The highest BCUT2D eigenvalue weighted by Crippen LogP contribution is 2.27. The summed E-state index contributed by atoms with van der Waals surface area (Å²) < 4.78 is 10.4. The topological polar surface area (TPSA) is 72.6 Å². The molecule has 0 radical (unpaired) electrons. The van der Waals surface area contributed by atoms with Crippen LogP contribution in [0.2, 0.25) is 0 Å². The number of aromatic nitrogens is 1. The first-order valence-corrected chi connectivity index (χ1v) is 6.38. The van der Waals surface area contributed by atoms with Gasteiger partial charge in [0.05, 0.1) is 0 Å². The van der Waals surface area contributed by atoms with E-state index in [0.717, 1.165) is 10.6 Å². The van der Waals surface area contributed by atoms with E-state index in [1.54, 1.807) is 11.8 Å². The van der Waals surface area contributed by atoms with Crippen LogP contribution in [0.15, 0.2) is 39.8 Å². The Morgan fingerprint density at radius 2 is 2.28 bits per heavy atom. The molecule has 2 rings (SSSR count). The Labute approximate surface area is 108 Å². The van der Waals surface area contributed by atoms with Crippen LogP contribution in [0.3, 0.4) is 0 Å². The lowest BCUT2D eigenvalue weighted by Gasteiger charge is -2.07. The van der Waals surface area contributed by atoms with Gasteiger partial charge in [-0.1, -0.05) is 17.3 Å². The summed E-state index contributed by atoms with van der Waals surface area (Å²) in [6, 6.07) is 8.95. The van der Waals surface area contributed by atoms with Crippen LogP contribution >= 0.6 is 11.8 Å². The predicted molar refractivity (Wildman–Crippen MR) is 66.0 cm³/mol. The van der Waals surface area contributed by atoms with E-state index in [1.165, 1.54) is 6.07 Å². The van der Waals surface area contributed by atoms with Crippen molar-refractivity contribution in [3.63, 3.8) is 0 Å². The normalized spacial score (nSPS) is 10.3. The average Bonchev–Trinajstić information content (AvgIpc) is 2.85. The van der Waals surface area contributed by atoms with Gasteiger partial charge in [-0.3, -0.25) is 0 Å². The van der Waals surface area contributed by atoms with E-state index in [0.29, 0.717) is 5.76 Å². The fourth-order valence-electron chi connectivity index (χ4n) is 1.37. The average molecular weight is 265 g/mol. The highest BCUT2D eigenvalue weighted by molar-refractivity contribution is 7.98. The molecule has 0 aliphatic heterocycles. The van der Waals surface area contributed by atoms with E-state index in [-0.39, 0.29) is 12.3 Å². The Hall–Kier alpha value is -1.95. The molecule has 0 aliphatic carbocycles. The molecule has 1 aromatic heterocycles. The molecule has 2 aromatic rings. The Morgan fingerprint density at radius 3 is 2.94 bits per heavy atom. The van der Waals surface area contributed by atoms with Crippen molar-refractivity contribution in [2.45, 2.75) is 11.5 Å². The summed E-state index contributed by atoms with van der Waals surface area (Å²) in [4.78, 5) is 11.6. The molecule has 94 valence electrons. The smallest absolute Gasteiger partial charge is 0.358 e. The molecule has 1 N–H and O–H groups in total. The standard InChI is InChI=1S/C12H11NO4S/c1-18-11-5-3-2-4-10(11)16-7-8-6-9(12(14)15)13-17-8/h2-6H,7H2,1H3,(H,14,15). The molecule has 0 spiro atoms. The fourth-order valence-corrected chi connectivity index (χ4v) is 1.91. The Balaban J connectivity index is 2.04. The van der Waals surface area contributed by atoms with Gasteiger partial charge in [0, 0.05) is 11.0 Å². The molecule has 0 saturated carbocycles. The third-order valence-corrected chi connectivity index (χ3v) is 2.99. The number of para-hydroxylation sites is 1. The molecule has 0 unspecified atom stereocenters. The predicted octanol–water partition coefficient (Wildman–Crippen LogP) is 2.67. The number of benzene rings is 1. The van der Waals surface area contributed by atoms with E-state index >= 15 is 0 Å².